The fourth-order valence-electron chi connectivity index (χ4n) is 0.883. The third-order valence-corrected chi connectivity index (χ3v) is 1.42. The van der Waals surface area contributed by atoms with Crippen molar-refractivity contribution in [2.24, 2.45) is 0 Å². The van der Waals surface area contributed by atoms with E-state index < -0.39 is 0 Å². The van der Waals surface area contributed by atoms with Crippen molar-refractivity contribution in [1.82, 2.24) is 5.32 Å². The van der Waals surface area contributed by atoms with E-state index >= 15 is 0 Å². The van der Waals surface area contributed by atoms with Crippen molar-refractivity contribution in [1.29, 1.82) is 0 Å². The van der Waals surface area contributed by atoms with Gasteiger partial charge in [0.05, 0.1) is 6.54 Å². The molecule has 0 fully saturated rings. The molecule has 63 valence electrons. The smallest absolute Gasteiger partial charge is 0.104 e. The monoisotopic (exact) mass is 162 g/mol. The third-order valence-electron chi connectivity index (χ3n) is 1.42. The van der Waals surface area contributed by atoms with Crippen LogP contribution in [-0.4, -0.2) is 5.11 Å². The van der Waals surface area contributed by atoms with E-state index in [1.54, 1.807) is 0 Å². The van der Waals surface area contributed by atoms with Crippen LogP contribution in [0.15, 0.2) is 42.7 Å². The fourth-order valence-corrected chi connectivity index (χ4v) is 0.883. The molecule has 12 heavy (non-hydrogen) atoms. The second-order valence-electron chi connectivity index (χ2n) is 2.50. The van der Waals surface area contributed by atoms with Gasteiger partial charge >= 0.3 is 0 Å². The number of nitrogens with one attached hydrogen (secondary N) is 1. The molecular formula is C10H12NO. The van der Waals surface area contributed by atoms with Gasteiger partial charge in [-0.3, -0.25) is 0 Å². The van der Waals surface area contributed by atoms with Crippen molar-refractivity contribution in [3.05, 3.63) is 54.8 Å². The summed E-state index contributed by atoms with van der Waals surface area (Å²) in [5, 5.41) is 11.6. The second-order valence-corrected chi connectivity index (χ2v) is 2.50. The molecule has 0 aliphatic heterocycles. The number of rotatable bonds is 4. The van der Waals surface area contributed by atoms with E-state index in [0.717, 1.165) is 0 Å². The van der Waals surface area contributed by atoms with E-state index in [1.807, 2.05) is 30.3 Å². The highest BCUT2D eigenvalue weighted by atomic mass is 16.3. The number of hydrogen-bond donors (Lipinski definition) is 2. The molecule has 0 bridgehead atoms. The van der Waals surface area contributed by atoms with Crippen molar-refractivity contribution in [2.75, 3.05) is 0 Å². The lowest BCUT2D eigenvalue weighted by Crippen LogP contribution is -2.10. The SMILES string of the molecule is C=C(O)[CH]NCc1ccccc1. The maximum absolute atomic E-state index is 8.72. The van der Waals surface area contributed by atoms with Crippen LogP contribution in [0, 0.1) is 6.54 Å². The van der Waals surface area contributed by atoms with Gasteiger partial charge in [0.2, 0.25) is 0 Å². The van der Waals surface area contributed by atoms with Gasteiger partial charge in [0.15, 0.2) is 0 Å². The van der Waals surface area contributed by atoms with Crippen molar-refractivity contribution >= 4 is 0 Å². The van der Waals surface area contributed by atoms with Gasteiger partial charge in [0, 0.05) is 6.54 Å². The maximum atomic E-state index is 8.72. The quantitative estimate of drug-likeness (QED) is 0.664. The highest BCUT2D eigenvalue weighted by Crippen LogP contribution is 1.97. The molecule has 1 aromatic carbocycles. The first-order valence-corrected chi connectivity index (χ1v) is 3.77. The van der Waals surface area contributed by atoms with Crippen LogP contribution in [0.1, 0.15) is 5.56 Å². The summed E-state index contributed by atoms with van der Waals surface area (Å²) in [4.78, 5) is 0. The van der Waals surface area contributed by atoms with Crippen molar-refractivity contribution < 1.29 is 5.11 Å². The summed E-state index contributed by atoms with van der Waals surface area (Å²) in [5.74, 6) is 0.0472. The molecule has 0 atom stereocenters. The Bertz CT molecular complexity index is 243. The molecule has 0 aliphatic rings. The Labute approximate surface area is 72.5 Å². The first-order chi connectivity index (χ1) is 5.79. The minimum atomic E-state index is 0.0472. The van der Waals surface area contributed by atoms with Crippen molar-refractivity contribution in [3.63, 3.8) is 0 Å². The van der Waals surface area contributed by atoms with Gasteiger partial charge in [-0.15, -0.1) is 0 Å². The molecule has 1 radical (unpaired) electrons. The first kappa shape index (κ1) is 8.81. The summed E-state index contributed by atoms with van der Waals surface area (Å²) >= 11 is 0. The normalized spacial score (nSPS) is 9.67. The molecular weight excluding hydrogens is 150 g/mol. The molecule has 2 N–H and O–H groups in total. The number of benzene rings is 1. The zero-order valence-electron chi connectivity index (χ0n) is 6.83. The van der Waals surface area contributed by atoms with E-state index in [0.29, 0.717) is 6.54 Å². The second kappa shape index (κ2) is 4.57. The van der Waals surface area contributed by atoms with Crippen LogP contribution in [-0.2, 0) is 6.54 Å². The summed E-state index contributed by atoms with van der Waals surface area (Å²) < 4.78 is 0. The fraction of sp³-hybridized carbons (Fsp3) is 0.100. The van der Waals surface area contributed by atoms with Crippen LogP contribution < -0.4 is 5.32 Å². The lowest BCUT2D eigenvalue weighted by Gasteiger charge is -2.01. The van der Waals surface area contributed by atoms with E-state index in [1.165, 1.54) is 12.1 Å². The highest BCUT2D eigenvalue weighted by molar-refractivity contribution is 5.14. The molecule has 2 heteroatoms. The topological polar surface area (TPSA) is 32.3 Å². The summed E-state index contributed by atoms with van der Waals surface area (Å²) in [6.07, 6.45) is 0. The van der Waals surface area contributed by atoms with Crippen LogP contribution in [0.3, 0.4) is 0 Å². The Balaban J connectivity index is 2.29. The Kier molecular flexibility index (Phi) is 3.35. The molecule has 1 rings (SSSR count). The van der Waals surface area contributed by atoms with Crippen LogP contribution in [0.25, 0.3) is 0 Å². The summed E-state index contributed by atoms with van der Waals surface area (Å²) in [5.41, 5.74) is 1.18. The molecule has 0 aromatic heterocycles. The molecule has 0 unspecified atom stereocenters. The molecule has 0 spiro atoms. The highest BCUT2D eigenvalue weighted by Gasteiger charge is 1.91. The Morgan fingerprint density at radius 2 is 2.08 bits per heavy atom. The first-order valence-electron chi connectivity index (χ1n) is 3.77. The van der Waals surface area contributed by atoms with Gasteiger partial charge in [0.1, 0.15) is 5.76 Å². The van der Waals surface area contributed by atoms with Crippen LogP contribution in [0.4, 0.5) is 0 Å². The van der Waals surface area contributed by atoms with E-state index in [9.17, 15) is 0 Å². The zero-order valence-corrected chi connectivity index (χ0v) is 6.83. The van der Waals surface area contributed by atoms with Crippen molar-refractivity contribution in [2.45, 2.75) is 6.54 Å². The Morgan fingerprint density at radius 1 is 1.42 bits per heavy atom. The average Bonchev–Trinajstić information content (AvgIpc) is 2.05. The van der Waals surface area contributed by atoms with Gasteiger partial charge < -0.3 is 10.4 Å². The molecule has 1 aromatic rings. The van der Waals surface area contributed by atoms with Crippen LogP contribution in [0.2, 0.25) is 0 Å². The number of aliphatic hydroxyl groups is 1. The minimum absolute atomic E-state index is 0.0472. The lowest BCUT2D eigenvalue weighted by atomic mass is 10.2. The van der Waals surface area contributed by atoms with Gasteiger partial charge in [0.25, 0.3) is 0 Å². The van der Waals surface area contributed by atoms with E-state index in [2.05, 4.69) is 11.9 Å². The summed E-state index contributed by atoms with van der Waals surface area (Å²) in [6.45, 7) is 5.51. The minimum Gasteiger partial charge on any atom is -0.511 e. The van der Waals surface area contributed by atoms with Crippen LogP contribution in [0.5, 0.6) is 0 Å². The van der Waals surface area contributed by atoms with Crippen LogP contribution >= 0.6 is 0 Å². The molecule has 0 heterocycles. The Morgan fingerprint density at radius 3 is 2.67 bits per heavy atom. The average molecular weight is 162 g/mol. The van der Waals surface area contributed by atoms with Gasteiger partial charge in [-0.05, 0) is 5.56 Å². The molecule has 0 saturated carbocycles. The molecule has 0 amide bonds. The standard InChI is InChI=1S/C10H12NO/c1-9(12)7-11-8-10-5-3-2-4-6-10/h2-7,11-12H,1,8H2. The van der Waals surface area contributed by atoms with Gasteiger partial charge in [-0.1, -0.05) is 36.9 Å². The lowest BCUT2D eigenvalue weighted by molar-refractivity contribution is 0.413. The van der Waals surface area contributed by atoms with E-state index in [4.69, 9.17) is 5.11 Å². The summed E-state index contributed by atoms with van der Waals surface area (Å²) in [7, 11) is 0. The van der Waals surface area contributed by atoms with Gasteiger partial charge in [-0.2, -0.15) is 0 Å². The number of aliphatic hydroxyl groups excluding tert-OH is 1. The maximum Gasteiger partial charge on any atom is 0.104 e. The molecule has 0 aliphatic carbocycles. The summed E-state index contributed by atoms with van der Waals surface area (Å²) in [6, 6.07) is 9.95. The molecule has 2 nitrogen and oxygen atoms in total. The zero-order chi connectivity index (χ0) is 8.81. The Hall–Kier alpha value is -1.28. The largest absolute Gasteiger partial charge is 0.511 e. The number of hydrogen-bond acceptors (Lipinski definition) is 2. The predicted molar refractivity (Wildman–Crippen MR) is 49.4 cm³/mol. The van der Waals surface area contributed by atoms with Crippen molar-refractivity contribution in [3.8, 4) is 0 Å². The third kappa shape index (κ3) is 3.21. The predicted octanol–water partition coefficient (Wildman–Crippen LogP) is 2.01. The molecule has 0 saturated heterocycles. The van der Waals surface area contributed by atoms with E-state index in [-0.39, 0.29) is 5.76 Å². The van der Waals surface area contributed by atoms with Gasteiger partial charge in [-0.25, -0.2) is 0 Å².